The maximum absolute atomic E-state index is 9.46. The number of hydrogen-bond donors (Lipinski definition) is 2. The molecule has 128 valence electrons. The summed E-state index contributed by atoms with van der Waals surface area (Å²) >= 11 is 0. The van der Waals surface area contributed by atoms with Gasteiger partial charge in [0.1, 0.15) is 5.75 Å². The Morgan fingerprint density at radius 3 is 2.25 bits per heavy atom. The van der Waals surface area contributed by atoms with Gasteiger partial charge >= 0.3 is 0 Å². The number of hydrogen-bond acceptors (Lipinski definition) is 3. The van der Waals surface area contributed by atoms with E-state index in [1.165, 1.54) is 37.1 Å². The summed E-state index contributed by atoms with van der Waals surface area (Å²) in [5, 5.41) is 13.2. The summed E-state index contributed by atoms with van der Waals surface area (Å²) in [6.07, 6.45) is 2.59. The average Bonchev–Trinajstić information content (AvgIpc) is 3.13. The van der Waals surface area contributed by atoms with Crippen LogP contribution >= 0.6 is 0 Å². The number of phenols is 1. The first-order valence-electron chi connectivity index (χ1n) is 8.88. The van der Waals surface area contributed by atoms with Crippen LogP contribution in [0.25, 0.3) is 0 Å². The van der Waals surface area contributed by atoms with Crippen molar-refractivity contribution < 1.29 is 5.11 Å². The third-order valence-corrected chi connectivity index (χ3v) is 5.21. The predicted octanol–water partition coefficient (Wildman–Crippen LogP) is 4.10. The molecule has 2 aromatic carbocycles. The minimum absolute atomic E-state index is 0.0504. The van der Waals surface area contributed by atoms with Gasteiger partial charge in [0, 0.05) is 12.1 Å². The van der Waals surface area contributed by atoms with Crippen molar-refractivity contribution in [3.8, 4) is 5.75 Å². The second kappa shape index (κ2) is 7.37. The summed E-state index contributed by atoms with van der Waals surface area (Å²) in [6.45, 7) is 7.84. The topological polar surface area (TPSA) is 35.5 Å². The van der Waals surface area contributed by atoms with Gasteiger partial charge in [0.15, 0.2) is 0 Å². The van der Waals surface area contributed by atoms with Crippen LogP contribution in [0.15, 0.2) is 54.6 Å². The smallest absolute Gasteiger partial charge is 0.115 e. The van der Waals surface area contributed by atoms with Crippen molar-refractivity contribution in [1.29, 1.82) is 0 Å². The van der Waals surface area contributed by atoms with Crippen LogP contribution in [-0.4, -0.2) is 28.6 Å². The molecule has 0 spiro atoms. The lowest BCUT2D eigenvalue weighted by atomic mass is 9.86. The Morgan fingerprint density at radius 1 is 1.00 bits per heavy atom. The monoisotopic (exact) mass is 324 g/mol. The summed E-state index contributed by atoms with van der Waals surface area (Å²) in [5.41, 5.74) is 2.56. The number of nitrogens with zero attached hydrogens (tertiary/aromatic N) is 1. The van der Waals surface area contributed by atoms with E-state index < -0.39 is 0 Å². The molecule has 0 bridgehead atoms. The first-order chi connectivity index (χ1) is 11.6. The van der Waals surface area contributed by atoms with E-state index in [1.54, 1.807) is 12.1 Å². The van der Waals surface area contributed by atoms with Gasteiger partial charge in [-0.1, -0.05) is 42.5 Å². The third kappa shape index (κ3) is 3.80. The van der Waals surface area contributed by atoms with E-state index in [4.69, 9.17) is 0 Å². The molecule has 2 aromatic rings. The summed E-state index contributed by atoms with van der Waals surface area (Å²) in [6, 6.07) is 18.4. The molecular formula is C21H28N2O. The fraction of sp³-hybridized carbons (Fsp3) is 0.429. The number of aromatic hydroxyl groups is 1. The van der Waals surface area contributed by atoms with Gasteiger partial charge in [-0.15, -0.1) is 0 Å². The van der Waals surface area contributed by atoms with Gasteiger partial charge in [0.2, 0.25) is 0 Å². The Bertz CT molecular complexity index is 631. The number of rotatable bonds is 6. The molecule has 3 nitrogen and oxygen atoms in total. The van der Waals surface area contributed by atoms with Crippen molar-refractivity contribution in [1.82, 2.24) is 10.2 Å². The molecule has 0 radical (unpaired) electrons. The Balaban J connectivity index is 1.80. The molecule has 1 unspecified atom stereocenters. The zero-order valence-electron chi connectivity index (χ0n) is 14.7. The lowest BCUT2D eigenvalue weighted by molar-refractivity contribution is 0.106. The molecule has 1 aliphatic heterocycles. The van der Waals surface area contributed by atoms with E-state index in [-0.39, 0.29) is 11.6 Å². The molecular weight excluding hydrogens is 296 g/mol. The first-order valence-corrected chi connectivity index (χ1v) is 8.88. The molecule has 2 N–H and O–H groups in total. The average molecular weight is 324 g/mol. The zero-order valence-corrected chi connectivity index (χ0v) is 14.7. The van der Waals surface area contributed by atoms with E-state index in [2.05, 4.69) is 54.4 Å². The molecule has 0 aliphatic carbocycles. The maximum atomic E-state index is 9.46. The summed E-state index contributed by atoms with van der Waals surface area (Å²) in [4.78, 5) is 2.61. The Hall–Kier alpha value is -1.84. The summed E-state index contributed by atoms with van der Waals surface area (Å²) in [7, 11) is 0. The number of likely N-dealkylation sites (tertiary alicyclic amines) is 1. The quantitative estimate of drug-likeness (QED) is 0.840. The lowest BCUT2D eigenvalue weighted by Crippen LogP contribution is -2.51. The molecule has 1 aliphatic rings. The van der Waals surface area contributed by atoms with Crippen LogP contribution in [-0.2, 0) is 6.54 Å². The van der Waals surface area contributed by atoms with Crippen molar-refractivity contribution in [2.45, 2.75) is 44.8 Å². The predicted molar refractivity (Wildman–Crippen MR) is 99.0 cm³/mol. The lowest BCUT2D eigenvalue weighted by Gasteiger charge is -2.43. The highest BCUT2D eigenvalue weighted by atomic mass is 16.3. The van der Waals surface area contributed by atoms with Crippen LogP contribution in [0.5, 0.6) is 5.75 Å². The SMILES string of the molecule is CC(C)(C(NCc1ccc(O)cc1)c1ccccc1)N1CCCC1. The molecule has 24 heavy (non-hydrogen) atoms. The highest BCUT2D eigenvalue weighted by Crippen LogP contribution is 2.33. The van der Waals surface area contributed by atoms with Crippen molar-refractivity contribution >= 4 is 0 Å². The second-order valence-electron chi connectivity index (χ2n) is 7.24. The van der Waals surface area contributed by atoms with Crippen LogP contribution in [0, 0.1) is 0 Å². The fourth-order valence-corrected chi connectivity index (χ4v) is 3.73. The van der Waals surface area contributed by atoms with Crippen molar-refractivity contribution in [2.24, 2.45) is 0 Å². The maximum Gasteiger partial charge on any atom is 0.115 e. The molecule has 1 atom stereocenters. The number of nitrogens with one attached hydrogen (secondary N) is 1. The Labute approximate surface area is 145 Å². The van der Waals surface area contributed by atoms with Gasteiger partial charge in [-0.2, -0.15) is 0 Å². The standard InChI is InChI=1S/C21H28N2O/c1-21(2,23-14-6-7-15-23)20(18-8-4-3-5-9-18)22-16-17-10-12-19(24)13-11-17/h3-5,8-13,20,22,24H,6-7,14-16H2,1-2H3. The largest absolute Gasteiger partial charge is 0.508 e. The number of phenolic OH excluding ortho intramolecular Hbond substituents is 1. The molecule has 0 amide bonds. The fourth-order valence-electron chi connectivity index (χ4n) is 3.73. The van der Waals surface area contributed by atoms with Crippen molar-refractivity contribution in [2.75, 3.05) is 13.1 Å². The van der Waals surface area contributed by atoms with Crippen LogP contribution in [0.2, 0.25) is 0 Å². The minimum Gasteiger partial charge on any atom is -0.508 e. The van der Waals surface area contributed by atoms with Gasteiger partial charge in [0.25, 0.3) is 0 Å². The minimum atomic E-state index is 0.0504. The molecule has 0 saturated carbocycles. The Morgan fingerprint density at radius 2 is 1.62 bits per heavy atom. The van der Waals surface area contributed by atoms with Crippen LogP contribution < -0.4 is 5.32 Å². The molecule has 1 saturated heterocycles. The van der Waals surface area contributed by atoms with Gasteiger partial charge in [-0.3, -0.25) is 4.90 Å². The highest BCUT2D eigenvalue weighted by molar-refractivity contribution is 5.27. The molecule has 1 heterocycles. The van der Waals surface area contributed by atoms with E-state index in [0.29, 0.717) is 5.75 Å². The number of benzene rings is 2. The summed E-state index contributed by atoms with van der Waals surface area (Å²) in [5.74, 6) is 0.316. The normalized spacial score (nSPS) is 17.1. The molecule has 0 aromatic heterocycles. The van der Waals surface area contributed by atoms with Crippen LogP contribution in [0.1, 0.15) is 43.9 Å². The van der Waals surface area contributed by atoms with Crippen LogP contribution in [0.4, 0.5) is 0 Å². The van der Waals surface area contributed by atoms with E-state index in [0.717, 1.165) is 6.54 Å². The van der Waals surface area contributed by atoms with Gasteiger partial charge in [0.05, 0.1) is 6.04 Å². The van der Waals surface area contributed by atoms with Crippen LogP contribution in [0.3, 0.4) is 0 Å². The third-order valence-electron chi connectivity index (χ3n) is 5.21. The van der Waals surface area contributed by atoms with E-state index in [9.17, 15) is 5.11 Å². The molecule has 3 heteroatoms. The highest BCUT2D eigenvalue weighted by Gasteiger charge is 2.37. The summed E-state index contributed by atoms with van der Waals surface area (Å²) < 4.78 is 0. The Kier molecular flexibility index (Phi) is 5.22. The van der Waals surface area contributed by atoms with E-state index >= 15 is 0 Å². The van der Waals surface area contributed by atoms with Gasteiger partial charge in [-0.05, 0) is 63.0 Å². The zero-order chi connectivity index (χ0) is 17.0. The molecule has 3 rings (SSSR count). The van der Waals surface area contributed by atoms with Crippen molar-refractivity contribution in [3.63, 3.8) is 0 Å². The van der Waals surface area contributed by atoms with Crippen molar-refractivity contribution in [3.05, 3.63) is 65.7 Å². The first kappa shape index (κ1) is 17.0. The molecule has 1 fully saturated rings. The van der Waals surface area contributed by atoms with Gasteiger partial charge < -0.3 is 10.4 Å². The second-order valence-corrected chi connectivity index (χ2v) is 7.24. The van der Waals surface area contributed by atoms with Gasteiger partial charge in [-0.25, -0.2) is 0 Å². The van der Waals surface area contributed by atoms with E-state index in [1.807, 2.05) is 12.1 Å².